The number of phosphoric acid groups is 1. The Hall–Kier alpha value is -4.93. The van der Waals surface area contributed by atoms with Gasteiger partial charge in [0.15, 0.2) is 18.9 Å². The molecule has 98 heavy (non-hydrogen) atoms. The van der Waals surface area contributed by atoms with Crippen LogP contribution in [0.4, 0.5) is 0 Å². The van der Waals surface area contributed by atoms with Crippen LogP contribution in [-0.2, 0) is 94.6 Å². The van der Waals surface area contributed by atoms with Gasteiger partial charge in [-0.2, -0.15) is 0 Å². The van der Waals surface area contributed by atoms with E-state index in [1.165, 1.54) is 51.3 Å². The smallest absolute Gasteiger partial charge is 0.394 e. The summed E-state index contributed by atoms with van der Waals surface area (Å²) in [4.78, 5) is 115. The molecule has 3 aliphatic heterocycles. The van der Waals surface area contributed by atoms with Gasteiger partial charge in [0.05, 0.1) is 117 Å². The molecule has 0 aromatic heterocycles. The van der Waals surface area contributed by atoms with Crippen LogP contribution in [0.1, 0.15) is 67.2 Å². The Morgan fingerprint density at radius 3 is 1.23 bits per heavy atom. The van der Waals surface area contributed by atoms with Crippen LogP contribution >= 0.6 is 7.82 Å². The Morgan fingerprint density at radius 1 is 0.500 bits per heavy atom. The summed E-state index contributed by atoms with van der Waals surface area (Å²) in [5, 5.41) is 119. The van der Waals surface area contributed by atoms with E-state index < -0.39 is 192 Å². The van der Waals surface area contributed by atoms with E-state index in [0.29, 0.717) is 0 Å². The maximum Gasteiger partial charge on any atom is 0.472 e. The molecule has 3 fully saturated rings. The first-order chi connectivity index (χ1) is 46.3. The van der Waals surface area contributed by atoms with Crippen LogP contribution in [0.3, 0.4) is 0 Å². The van der Waals surface area contributed by atoms with Crippen molar-refractivity contribution in [3.8, 4) is 0 Å². The fraction of sp³-hybridized carbons (Fsp3) is 0.860. The van der Waals surface area contributed by atoms with E-state index in [0.717, 1.165) is 0 Å². The normalized spacial score (nSPS) is 26.7. The Labute approximate surface area is 566 Å². The van der Waals surface area contributed by atoms with Crippen molar-refractivity contribution >= 4 is 55.1 Å². The predicted octanol–water partition coefficient (Wildman–Crippen LogP) is -9.63. The minimum Gasteiger partial charge on any atom is -0.394 e. The van der Waals surface area contributed by atoms with Gasteiger partial charge in [0, 0.05) is 72.9 Å². The highest BCUT2D eigenvalue weighted by atomic mass is 31.2. The standard InChI is InChI=1S/C57H104N9O31P/c1-33(70)62-45-51(82)48(79)37(29-67)94-54(45)90-22-19-87-16-11-58-41(75)26-65(27-42(76)59-12-17-88-20-23-91-55-46(63-34(2)71)52(83)49(80)38(30-68)95-55)14-8-15-66(44(78)10-7-9-40(74)61-25-36(73)32-93-98(85,86)97-57(4,5)6)28-43(77)60-13-18-89-21-24-92-56-47(64-35(3)72)53(84)50(81)39(31-69)96-56/h36-39,45-56,67-69,73,79-84H,7-32H2,1-6H3,(H,58,75)(H,59,76)(H,60,77)(H,61,74)(H,62,70)(H,63,71)(H,64,72)(H,85,86)/t36-,37?,38?,39?,45?,46?,47?,48?,49?,50?,51?,52?,53?,54?,55?,56?/m1/s1. The molecule has 0 radical (unpaired) electrons. The minimum absolute atomic E-state index is 0.0266. The van der Waals surface area contributed by atoms with E-state index in [1.54, 1.807) is 0 Å². The van der Waals surface area contributed by atoms with E-state index in [-0.39, 0.29) is 138 Å². The van der Waals surface area contributed by atoms with Crippen molar-refractivity contribution in [1.29, 1.82) is 0 Å². The lowest BCUT2D eigenvalue weighted by Crippen LogP contribution is -2.64. The second-order valence-electron chi connectivity index (χ2n) is 24.0. The Morgan fingerprint density at radius 2 is 0.878 bits per heavy atom. The van der Waals surface area contributed by atoms with Crippen molar-refractivity contribution in [2.75, 3.05) is 145 Å². The van der Waals surface area contributed by atoms with Crippen LogP contribution in [0.25, 0.3) is 0 Å². The molecule has 8 amide bonds. The molecule has 568 valence electrons. The van der Waals surface area contributed by atoms with Crippen LogP contribution in [0.5, 0.6) is 0 Å². The monoisotopic (exact) mass is 1440 g/mol. The fourth-order valence-corrected chi connectivity index (χ4v) is 10.9. The van der Waals surface area contributed by atoms with Gasteiger partial charge in [-0.1, -0.05) is 0 Å². The molecule has 3 saturated heterocycles. The molecular formula is C57H104N9O31P. The van der Waals surface area contributed by atoms with E-state index in [9.17, 15) is 98.9 Å². The van der Waals surface area contributed by atoms with Crippen molar-refractivity contribution < 1.29 is 151 Å². The molecule has 0 aromatic carbocycles. The zero-order chi connectivity index (χ0) is 73.1. The number of rotatable bonds is 47. The topological polar surface area (TPSA) is 568 Å². The van der Waals surface area contributed by atoms with Crippen LogP contribution in [0.2, 0.25) is 0 Å². The van der Waals surface area contributed by atoms with Gasteiger partial charge in [0.1, 0.15) is 73.1 Å². The summed E-state index contributed by atoms with van der Waals surface area (Å²) < 4.78 is 72.2. The number of hydrogen-bond acceptors (Lipinski definition) is 31. The van der Waals surface area contributed by atoms with Crippen molar-refractivity contribution in [3.63, 3.8) is 0 Å². The molecule has 3 rings (SSSR count). The van der Waals surface area contributed by atoms with E-state index in [2.05, 4.69) is 37.2 Å². The molecule has 0 saturated carbocycles. The number of ether oxygens (including phenoxy) is 9. The molecule has 17 atom stereocenters. The largest absolute Gasteiger partial charge is 0.472 e. The van der Waals surface area contributed by atoms with Gasteiger partial charge in [-0.15, -0.1) is 0 Å². The number of aliphatic hydroxyl groups excluding tert-OH is 10. The summed E-state index contributed by atoms with van der Waals surface area (Å²) in [5.41, 5.74) is -1.04. The Balaban J connectivity index is 1.66. The molecule has 0 aromatic rings. The van der Waals surface area contributed by atoms with Gasteiger partial charge in [-0.25, -0.2) is 4.57 Å². The highest BCUT2D eigenvalue weighted by molar-refractivity contribution is 7.47. The second-order valence-corrected chi connectivity index (χ2v) is 25.3. The number of nitrogens with zero attached hydrogens (tertiary/aromatic N) is 2. The summed E-state index contributed by atoms with van der Waals surface area (Å²) in [6, 6.07) is -3.56. The van der Waals surface area contributed by atoms with Gasteiger partial charge in [-0.3, -0.25) is 52.3 Å². The lowest BCUT2D eigenvalue weighted by molar-refractivity contribution is -0.272. The van der Waals surface area contributed by atoms with Gasteiger partial charge < -0.3 is 141 Å². The maximum atomic E-state index is 13.9. The van der Waals surface area contributed by atoms with Crippen molar-refractivity contribution in [2.24, 2.45) is 0 Å². The first kappa shape index (κ1) is 87.3. The molecule has 16 unspecified atom stereocenters. The van der Waals surface area contributed by atoms with E-state index >= 15 is 0 Å². The number of carbonyl (C=O) groups excluding carboxylic acids is 8. The zero-order valence-electron chi connectivity index (χ0n) is 56.0. The molecule has 3 aliphatic rings. The average molecular weight is 1440 g/mol. The zero-order valence-corrected chi connectivity index (χ0v) is 56.9. The second kappa shape index (κ2) is 45.8. The summed E-state index contributed by atoms with van der Waals surface area (Å²) >= 11 is 0. The molecule has 41 heteroatoms. The lowest BCUT2D eigenvalue weighted by atomic mass is 9.97. The van der Waals surface area contributed by atoms with Crippen LogP contribution in [-0.4, -0.2) is 361 Å². The molecule has 0 spiro atoms. The lowest BCUT2D eigenvalue weighted by Gasteiger charge is -2.42. The highest BCUT2D eigenvalue weighted by Gasteiger charge is 2.48. The Kier molecular flexibility index (Phi) is 40.8. The summed E-state index contributed by atoms with van der Waals surface area (Å²) in [6.07, 6.45) is -18.5. The van der Waals surface area contributed by atoms with E-state index in [1.807, 2.05) is 0 Å². The number of phosphoric ester groups is 1. The number of nitrogens with one attached hydrogen (secondary N) is 7. The number of aliphatic hydroxyl groups is 10. The first-order valence-corrected chi connectivity index (χ1v) is 33.5. The van der Waals surface area contributed by atoms with Gasteiger partial charge >= 0.3 is 7.82 Å². The van der Waals surface area contributed by atoms with E-state index in [4.69, 9.17) is 51.7 Å². The summed E-state index contributed by atoms with van der Waals surface area (Å²) in [7, 11) is -4.55. The molecule has 18 N–H and O–H groups in total. The average Bonchev–Trinajstić information content (AvgIpc) is 0.825. The predicted molar refractivity (Wildman–Crippen MR) is 333 cm³/mol. The number of amides is 8. The van der Waals surface area contributed by atoms with Gasteiger partial charge in [-0.05, 0) is 33.6 Å². The first-order valence-electron chi connectivity index (χ1n) is 32.0. The molecule has 0 aliphatic carbocycles. The minimum atomic E-state index is -4.55. The van der Waals surface area contributed by atoms with Crippen LogP contribution < -0.4 is 37.2 Å². The fourth-order valence-electron chi connectivity index (χ4n) is 9.83. The van der Waals surface area contributed by atoms with Crippen molar-refractivity contribution in [3.05, 3.63) is 0 Å². The summed E-state index contributed by atoms with van der Waals surface area (Å²) in [6.45, 7) is 2.62. The highest BCUT2D eigenvalue weighted by Crippen LogP contribution is 2.47. The SMILES string of the molecule is CC(=O)NC1C(OCCOCCNC(=O)CN(CCCN(CC(=O)NCCOCCOC2OC(CO)C(O)C(O)C2NC(C)=O)C(=O)CCCC(=O)NC[C@@H](O)COP(=O)(O)OC(C)(C)C)CC(=O)NCCOCCOC2OC(CO)C(O)C(O)C2NC(C)=O)OC(CO)C(O)C1O. The third-order valence-electron chi connectivity index (χ3n) is 14.5. The maximum absolute atomic E-state index is 13.9. The van der Waals surface area contributed by atoms with Crippen molar-refractivity contribution in [2.45, 2.75) is 171 Å². The van der Waals surface area contributed by atoms with Gasteiger partial charge in [0.25, 0.3) is 0 Å². The molecular weight excluding hydrogens is 1340 g/mol. The quantitative estimate of drug-likeness (QED) is 0.0199. The molecule has 40 nitrogen and oxygen atoms in total. The van der Waals surface area contributed by atoms with Gasteiger partial charge in [0.2, 0.25) is 47.3 Å². The summed E-state index contributed by atoms with van der Waals surface area (Å²) in [5.74, 6) is -4.61. The number of hydrogen-bond donors (Lipinski definition) is 18. The third kappa shape index (κ3) is 33.7. The third-order valence-corrected chi connectivity index (χ3v) is 15.7. The van der Waals surface area contributed by atoms with Crippen molar-refractivity contribution in [1.82, 2.24) is 47.0 Å². The van der Waals surface area contributed by atoms with Crippen LogP contribution in [0, 0.1) is 0 Å². The number of carbonyl (C=O) groups is 8. The Bertz CT molecular complexity index is 2390. The van der Waals surface area contributed by atoms with Crippen LogP contribution in [0.15, 0.2) is 0 Å². The molecule has 3 heterocycles. The molecule has 0 bridgehead atoms.